The number of amides is 2. The Bertz CT molecular complexity index is 1180. The number of benzene rings is 3. The number of hydrogen-bond donors (Lipinski definition) is 1. The van der Waals surface area contributed by atoms with Crippen molar-refractivity contribution in [2.45, 2.75) is 0 Å². The monoisotopic (exact) mass is 556 g/mol. The standard InChI is InChI=1S/C24H17IN2O4S/c1-31-20-14-15(13-19(25)21(20)28)12-18-22(29)26(16-8-4-2-5-9-16)24(32)27(23(18)30)17-10-6-3-7-11-17/h2-14,28H,1H3. The van der Waals surface area contributed by atoms with Crippen LogP contribution in [0.3, 0.4) is 0 Å². The first-order valence-corrected chi connectivity index (χ1v) is 11.0. The Labute approximate surface area is 203 Å². The third kappa shape index (κ3) is 3.98. The van der Waals surface area contributed by atoms with Crippen molar-refractivity contribution in [1.82, 2.24) is 0 Å². The van der Waals surface area contributed by atoms with Crippen molar-refractivity contribution in [3.63, 3.8) is 0 Å². The van der Waals surface area contributed by atoms with Crippen LogP contribution in [0.15, 0.2) is 78.4 Å². The summed E-state index contributed by atoms with van der Waals surface area (Å²) in [5.41, 5.74) is 1.59. The lowest BCUT2D eigenvalue weighted by atomic mass is 10.0. The first-order valence-electron chi connectivity index (χ1n) is 9.53. The van der Waals surface area contributed by atoms with E-state index < -0.39 is 11.8 Å². The van der Waals surface area contributed by atoms with Crippen molar-refractivity contribution in [2.24, 2.45) is 0 Å². The molecule has 6 nitrogen and oxygen atoms in total. The maximum atomic E-state index is 13.5. The SMILES string of the molecule is COc1cc(C=C2C(=O)N(c3ccccc3)C(=S)N(c3ccccc3)C2=O)cc(I)c1O. The molecule has 160 valence electrons. The van der Waals surface area contributed by atoms with E-state index >= 15 is 0 Å². The molecule has 1 N–H and O–H groups in total. The van der Waals surface area contributed by atoms with E-state index in [1.165, 1.54) is 23.0 Å². The van der Waals surface area contributed by atoms with Gasteiger partial charge in [0.2, 0.25) is 0 Å². The summed E-state index contributed by atoms with van der Waals surface area (Å²) in [5, 5.41) is 10.2. The molecule has 3 aromatic rings. The van der Waals surface area contributed by atoms with E-state index in [0.717, 1.165) is 0 Å². The largest absolute Gasteiger partial charge is 0.504 e. The lowest BCUT2D eigenvalue weighted by molar-refractivity contribution is -0.120. The molecule has 1 fully saturated rings. The third-order valence-electron chi connectivity index (χ3n) is 4.86. The predicted octanol–water partition coefficient (Wildman–Crippen LogP) is 4.75. The van der Waals surface area contributed by atoms with Gasteiger partial charge in [-0.15, -0.1) is 0 Å². The van der Waals surface area contributed by atoms with E-state index in [4.69, 9.17) is 17.0 Å². The number of thiocarbonyl (C=S) groups is 1. The van der Waals surface area contributed by atoms with E-state index in [1.54, 1.807) is 60.7 Å². The van der Waals surface area contributed by atoms with E-state index in [2.05, 4.69) is 0 Å². The molecule has 0 bridgehead atoms. The lowest BCUT2D eigenvalue weighted by Gasteiger charge is -2.36. The van der Waals surface area contributed by atoms with Crippen molar-refractivity contribution < 1.29 is 19.4 Å². The van der Waals surface area contributed by atoms with E-state index in [9.17, 15) is 14.7 Å². The number of methoxy groups -OCH3 is 1. The molecule has 32 heavy (non-hydrogen) atoms. The highest BCUT2D eigenvalue weighted by Crippen LogP contribution is 2.34. The summed E-state index contributed by atoms with van der Waals surface area (Å²) >= 11 is 7.55. The van der Waals surface area contributed by atoms with Gasteiger partial charge in [-0.25, -0.2) is 0 Å². The quantitative estimate of drug-likeness (QED) is 0.218. The van der Waals surface area contributed by atoms with Gasteiger partial charge in [-0.2, -0.15) is 0 Å². The molecule has 2 amide bonds. The third-order valence-corrected chi connectivity index (χ3v) is 6.05. The molecule has 0 aliphatic carbocycles. The Morgan fingerprint density at radius 3 is 1.88 bits per heavy atom. The fraction of sp³-hybridized carbons (Fsp3) is 0.0417. The summed E-state index contributed by atoms with van der Waals surface area (Å²) in [6.45, 7) is 0. The molecule has 0 aromatic heterocycles. The zero-order chi connectivity index (χ0) is 22.8. The number of phenols is 1. The van der Waals surface area contributed by atoms with Gasteiger partial charge >= 0.3 is 0 Å². The molecular formula is C24H17IN2O4S. The van der Waals surface area contributed by atoms with Crippen LogP contribution in [0.25, 0.3) is 6.08 Å². The Kier molecular flexibility index (Phi) is 6.24. The van der Waals surface area contributed by atoms with Gasteiger partial charge in [0.05, 0.1) is 22.1 Å². The van der Waals surface area contributed by atoms with E-state index in [0.29, 0.717) is 20.5 Å². The average Bonchev–Trinajstić information content (AvgIpc) is 2.80. The summed E-state index contributed by atoms with van der Waals surface area (Å²) in [4.78, 5) is 29.6. The number of ether oxygens (including phenoxy) is 1. The molecule has 0 atom stereocenters. The second-order valence-electron chi connectivity index (χ2n) is 6.85. The summed E-state index contributed by atoms with van der Waals surface area (Å²) in [6, 6.07) is 21.1. The number of rotatable bonds is 4. The van der Waals surface area contributed by atoms with Gasteiger partial charge in [0.1, 0.15) is 5.57 Å². The lowest BCUT2D eigenvalue weighted by Crippen LogP contribution is -2.56. The van der Waals surface area contributed by atoms with Crippen LogP contribution in [0.1, 0.15) is 5.56 Å². The van der Waals surface area contributed by atoms with Gasteiger partial charge in [0.15, 0.2) is 16.6 Å². The van der Waals surface area contributed by atoms with E-state index in [-0.39, 0.29) is 22.2 Å². The summed E-state index contributed by atoms with van der Waals surface area (Å²) < 4.78 is 5.74. The fourth-order valence-electron chi connectivity index (χ4n) is 3.34. The normalized spacial score (nSPS) is 14.1. The number of hydrogen-bond acceptors (Lipinski definition) is 5. The average molecular weight is 556 g/mol. The van der Waals surface area contributed by atoms with Crippen LogP contribution < -0.4 is 14.5 Å². The topological polar surface area (TPSA) is 70.1 Å². The minimum absolute atomic E-state index is 0.00505. The number of anilines is 2. The summed E-state index contributed by atoms with van der Waals surface area (Å²) in [5.74, 6) is -0.815. The van der Waals surface area contributed by atoms with Crippen LogP contribution in [0.4, 0.5) is 11.4 Å². The molecule has 0 unspecified atom stereocenters. The maximum Gasteiger partial charge on any atom is 0.270 e. The molecule has 3 aromatic carbocycles. The molecule has 0 saturated carbocycles. The minimum Gasteiger partial charge on any atom is -0.504 e. The second kappa shape index (κ2) is 9.09. The number of carbonyl (C=O) groups excluding carboxylic acids is 2. The van der Waals surface area contributed by atoms with Crippen LogP contribution in [-0.2, 0) is 9.59 Å². The van der Waals surface area contributed by atoms with Gasteiger partial charge in [-0.05, 0) is 82.8 Å². The molecule has 0 radical (unpaired) electrons. The highest BCUT2D eigenvalue weighted by molar-refractivity contribution is 14.1. The maximum absolute atomic E-state index is 13.5. The van der Waals surface area contributed by atoms with Crippen LogP contribution in [0.2, 0.25) is 0 Å². The molecule has 1 aliphatic heterocycles. The van der Waals surface area contributed by atoms with Gasteiger partial charge in [0, 0.05) is 0 Å². The van der Waals surface area contributed by atoms with Gasteiger partial charge in [-0.3, -0.25) is 19.4 Å². The fourth-order valence-corrected chi connectivity index (χ4v) is 4.34. The van der Waals surface area contributed by atoms with Crippen LogP contribution in [0.5, 0.6) is 11.5 Å². The zero-order valence-electron chi connectivity index (χ0n) is 16.9. The molecule has 1 saturated heterocycles. The van der Waals surface area contributed by atoms with Crippen molar-refractivity contribution in [3.8, 4) is 11.5 Å². The van der Waals surface area contributed by atoms with Crippen molar-refractivity contribution in [3.05, 3.63) is 87.5 Å². The Morgan fingerprint density at radius 1 is 0.906 bits per heavy atom. The minimum atomic E-state index is -0.527. The van der Waals surface area contributed by atoms with Crippen molar-refractivity contribution >= 4 is 69.2 Å². The highest BCUT2D eigenvalue weighted by atomic mass is 127. The Hall–Kier alpha value is -3.24. The van der Waals surface area contributed by atoms with Crippen LogP contribution >= 0.6 is 34.8 Å². The van der Waals surface area contributed by atoms with Gasteiger partial charge in [0.25, 0.3) is 11.8 Å². The number of aromatic hydroxyl groups is 1. The first kappa shape index (κ1) is 22.0. The van der Waals surface area contributed by atoms with Gasteiger partial charge in [-0.1, -0.05) is 36.4 Å². The highest BCUT2D eigenvalue weighted by Gasteiger charge is 2.41. The molecule has 0 spiro atoms. The summed E-state index contributed by atoms with van der Waals surface area (Å²) in [6.07, 6.45) is 1.49. The van der Waals surface area contributed by atoms with Gasteiger partial charge < -0.3 is 9.84 Å². The number of carbonyl (C=O) groups is 2. The van der Waals surface area contributed by atoms with Crippen LogP contribution in [0, 0.1) is 3.57 Å². The first-order chi connectivity index (χ1) is 15.4. The second-order valence-corrected chi connectivity index (χ2v) is 8.37. The Balaban J connectivity index is 1.88. The molecule has 4 rings (SSSR count). The van der Waals surface area contributed by atoms with Crippen molar-refractivity contribution in [2.75, 3.05) is 16.9 Å². The molecule has 1 aliphatic rings. The zero-order valence-corrected chi connectivity index (χ0v) is 19.8. The van der Waals surface area contributed by atoms with Crippen LogP contribution in [-0.4, -0.2) is 29.1 Å². The number of para-hydroxylation sites is 2. The predicted molar refractivity (Wildman–Crippen MR) is 136 cm³/mol. The molecular weight excluding hydrogens is 539 g/mol. The Morgan fingerprint density at radius 2 is 1.41 bits per heavy atom. The van der Waals surface area contributed by atoms with E-state index in [1.807, 2.05) is 34.7 Å². The molecule has 1 heterocycles. The summed E-state index contributed by atoms with van der Waals surface area (Å²) in [7, 11) is 1.44. The smallest absolute Gasteiger partial charge is 0.270 e. The molecule has 8 heteroatoms. The van der Waals surface area contributed by atoms with Crippen molar-refractivity contribution in [1.29, 1.82) is 0 Å². The number of nitrogens with zero attached hydrogens (tertiary/aromatic N) is 2. The number of phenolic OH excluding ortho intramolecular Hbond substituents is 1. The number of halogens is 1.